The second-order valence-corrected chi connectivity index (χ2v) is 5.81. The van der Waals surface area contributed by atoms with Gasteiger partial charge in [-0.15, -0.1) is 0 Å². The predicted octanol–water partition coefficient (Wildman–Crippen LogP) is 2.64. The van der Waals surface area contributed by atoms with Crippen LogP contribution in [0.4, 0.5) is 10.5 Å². The van der Waals surface area contributed by atoms with Gasteiger partial charge in [0.25, 0.3) is 0 Å². The third kappa shape index (κ3) is 3.36. The normalized spacial score (nSPS) is 12.8. The van der Waals surface area contributed by atoms with Crippen LogP contribution in [0.2, 0.25) is 0 Å². The minimum absolute atomic E-state index is 0.0371. The van der Waals surface area contributed by atoms with Gasteiger partial charge < -0.3 is 15.2 Å². The van der Waals surface area contributed by atoms with E-state index in [1.165, 1.54) is 11.1 Å². The molecule has 3 rings (SSSR count). The molecule has 0 radical (unpaired) electrons. The van der Waals surface area contributed by atoms with Gasteiger partial charge in [-0.2, -0.15) is 0 Å². The van der Waals surface area contributed by atoms with Crippen molar-refractivity contribution in [1.29, 1.82) is 0 Å². The van der Waals surface area contributed by atoms with E-state index in [9.17, 15) is 4.79 Å². The summed E-state index contributed by atoms with van der Waals surface area (Å²) >= 11 is 0. The zero-order chi connectivity index (χ0) is 16.9. The van der Waals surface area contributed by atoms with Crippen molar-refractivity contribution >= 4 is 11.7 Å². The first-order valence-electron chi connectivity index (χ1n) is 8.16. The molecule has 0 unspecified atom stereocenters. The van der Waals surface area contributed by atoms with Gasteiger partial charge in [-0.3, -0.25) is 4.90 Å². The first-order chi connectivity index (χ1) is 11.7. The van der Waals surface area contributed by atoms with E-state index < -0.39 is 0 Å². The van der Waals surface area contributed by atoms with E-state index in [0.29, 0.717) is 18.8 Å². The summed E-state index contributed by atoms with van der Waals surface area (Å²) in [6, 6.07) is 13.5. The van der Waals surface area contributed by atoms with Gasteiger partial charge in [0.15, 0.2) is 0 Å². The Morgan fingerprint density at radius 1 is 1.25 bits per heavy atom. The lowest BCUT2D eigenvalue weighted by atomic mass is 10.1. The SMILES string of the molecule is Cc1cccc2c1CCN2C(=O)NCc1ccccc1OCCO. The van der Waals surface area contributed by atoms with E-state index in [1.54, 1.807) is 4.90 Å². The summed E-state index contributed by atoms with van der Waals surface area (Å²) in [5.41, 5.74) is 4.37. The van der Waals surface area contributed by atoms with Crippen LogP contribution in [0.5, 0.6) is 5.75 Å². The molecule has 0 aromatic heterocycles. The van der Waals surface area contributed by atoms with Gasteiger partial charge >= 0.3 is 6.03 Å². The number of para-hydroxylation sites is 1. The van der Waals surface area contributed by atoms with E-state index >= 15 is 0 Å². The average Bonchev–Trinajstić information content (AvgIpc) is 3.04. The number of ether oxygens (including phenoxy) is 1. The lowest BCUT2D eigenvalue weighted by molar-refractivity contribution is 0.200. The molecule has 1 aliphatic heterocycles. The van der Waals surface area contributed by atoms with Crippen molar-refractivity contribution in [1.82, 2.24) is 5.32 Å². The maximum atomic E-state index is 12.6. The quantitative estimate of drug-likeness (QED) is 0.888. The van der Waals surface area contributed by atoms with Crippen molar-refractivity contribution in [3.8, 4) is 5.75 Å². The van der Waals surface area contributed by atoms with Crippen molar-refractivity contribution in [2.75, 3.05) is 24.7 Å². The molecule has 24 heavy (non-hydrogen) atoms. The van der Waals surface area contributed by atoms with Crippen LogP contribution in [0.15, 0.2) is 42.5 Å². The van der Waals surface area contributed by atoms with Crippen LogP contribution in [0.1, 0.15) is 16.7 Å². The summed E-state index contributed by atoms with van der Waals surface area (Å²) in [5, 5.41) is 11.9. The summed E-state index contributed by atoms with van der Waals surface area (Å²) < 4.78 is 5.50. The van der Waals surface area contributed by atoms with Gasteiger partial charge in [-0.1, -0.05) is 30.3 Å². The summed E-state index contributed by atoms with van der Waals surface area (Å²) in [7, 11) is 0. The number of nitrogens with one attached hydrogen (secondary N) is 1. The lowest BCUT2D eigenvalue weighted by Gasteiger charge is -2.19. The number of hydrogen-bond donors (Lipinski definition) is 2. The van der Waals surface area contributed by atoms with Crippen molar-refractivity contribution in [2.45, 2.75) is 19.9 Å². The minimum Gasteiger partial charge on any atom is -0.491 e. The zero-order valence-corrected chi connectivity index (χ0v) is 13.8. The number of aliphatic hydroxyl groups excluding tert-OH is 1. The van der Waals surface area contributed by atoms with Crippen molar-refractivity contribution in [3.63, 3.8) is 0 Å². The molecule has 2 N–H and O–H groups in total. The van der Waals surface area contributed by atoms with Crippen molar-refractivity contribution < 1.29 is 14.6 Å². The number of carbonyl (C=O) groups is 1. The highest BCUT2D eigenvalue weighted by molar-refractivity contribution is 5.94. The number of rotatable bonds is 5. The number of amides is 2. The molecular weight excluding hydrogens is 304 g/mol. The van der Waals surface area contributed by atoms with Gasteiger partial charge in [-0.25, -0.2) is 4.79 Å². The fourth-order valence-corrected chi connectivity index (χ4v) is 3.03. The van der Waals surface area contributed by atoms with Crippen LogP contribution >= 0.6 is 0 Å². The van der Waals surface area contributed by atoms with E-state index in [2.05, 4.69) is 18.3 Å². The second kappa shape index (κ2) is 7.36. The molecule has 0 aliphatic carbocycles. The maximum Gasteiger partial charge on any atom is 0.322 e. The van der Waals surface area contributed by atoms with E-state index in [-0.39, 0.29) is 19.2 Å². The third-order valence-corrected chi connectivity index (χ3v) is 4.26. The molecule has 1 heterocycles. The van der Waals surface area contributed by atoms with Crippen LogP contribution in [-0.4, -0.2) is 30.9 Å². The summed E-state index contributed by atoms with van der Waals surface area (Å²) in [4.78, 5) is 14.3. The Hall–Kier alpha value is -2.53. The van der Waals surface area contributed by atoms with Crippen LogP contribution < -0.4 is 15.0 Å². The Morgan fingerprint density at radius 2 is 2.08 bits per heavy atom. The van der Waals surface area contributed by atoms with Gasteiger partial charge in [0.05, 0.1) is 6.61 Å². The molecule has 0 saturated carbocycles. The largest absolute Gasteiger partial charge is 0.491 e. The van der Waals surface area contributed by atoms with Crippen molar-refractivity contribution in [3.05, 3.63) is 59.2 Å². The predicted molar refractivity (Wildman–Crippen MR) is 93.5 cm³/mol. The molecular formula is C19H22N2O3. The van der Waals surface area contributed by atoms with Crippen molar-refractivity contribution in [2.24, 2.45) is 0 Å². The van der Waals surface area contributed by atoms with Crippen LogP contribution in [0.3, 0.4) is 0 Å². The van der Waals surface area contributed by atoms with Gasteiger partial charge in [0, 0.05) is 24.3 Å². The first kappa shape index (κ1) is 16.3. The number of urea groups is 1. The average molecular weight is 326 g/mol. The number of benzene rings is 2. The number of hydrogen-bond acceptors (Lipinski definition) is 3. The summed E-state index contributed by atoms with van der Waals surface area (Å²) in [6.45, 7) is 3.37. The maximum absolute atomic E-state index is 12.6. The summed E-state index contributed by atoms with van der Waals surface area (Å²) in [5.74, 6) is 0.685. The number of nitrogens with zero attached hydrogens (tertiary/aromatic N) is 1. The number of aliphatic hydroxyl groups is 1. The molecule has 0 spiro atoms. The number of fused-ring (bicyclic) bond motifs is 1. The Kier molecular flexibility index (Phi) is 5.01. The topological polar surface area (TPSA) is 61.8 Å². The van der Waals surface area contributed by atoms with Crippen LogP contribution in [0, 0.1) is 6.92 Å². The van der Waals surface area contributed by atoms with Gasteiger partial charge in [0.2, 0.25) is 0 Å². The molecule has 0 bridgehead atoms. The highest BCUT2D eigenvalue weighted by atomic mass is 16.5. The Bertz CT molecular complexity index is 730. The van der Waals surface area contributed by atoms with E-state index in [1.807, 2.05) is 36.4 Å². The van der Waals surface area contributed by atoms with Gasteiger partial charge in [-0.05, 0) is 36.6 Å². The van der Waals surface area contributed by atoms with E-state index in [0.717, 1.165) is 17.7 Å². The first-order valence-corrected chi connectivity index (χ1v) is 8.16. The third-order valence-electron chi connectivity index (χ3n) is 4.26. The second-order valence-electron chi connectivity index (χ2n) is 5.81. The smallest absolute Gasteiger partial charge is 0.322 e. The van der Waals surface area contributed by atoms with Crippen LogP contribution in [-0.2, 0) is 13.0 Å². The molecule has 5 nitrogen and oxygen atoms in total. The Balaban J connectivity index is 1.67. The molecule has 126 valence electrons. The molecule has 2 amide bonds. The molecule has 0 saturated heterocycles. The molecule has 0 atom stereocenters. The molecule has 2 aromatic carbocycles. The van der Waals surface area contributed by atoms with Gasteiger partial charge in [0.1, 0.15) is 12.4 Å². The zero-order valence-electron chi connectivity index (χ0n) is 13.8. The van der Waals surface area contributed by atoms with Crippen LogP contribution in [0.25, 0.3) is 0 Å². The number of carbonyl (C=O) groups excluding carboxylic acids is 1. The standard InChI is InChI=1S/C19H22N2O3/c1-14-5-4-7-17-16(14)9-10-21(17)19(23)20-13-15-6-2-3-8-18(15)24-12-11-22/h2-8,22H,9-13H2,1H3,(H,20,23). The fourth-order valence-electron chi connectivity index (χ4n) is 3.03. The number of aryl methyl sites for hydroxylation is 1. The molecule has 0 fully saturated rings. The highest BCUT2D eigenvalue weighted by Crippen LogP contribution is 2.30. The Morgan fingerprint density at radius 3 is 2.92 bits per heavy atom. The number of anilines is 1. The minimum atomic E-state index is -0.101. The molecule has 2 aromatic rings. The van der Waals surface area contributed by atoms with E-state index in [4.69, 9.17) is 9.84 Å². The molecule has 5 heteroatoms. The lowest BCUT2D eigenvalue weighted by Crippen LogP contribution is -2.38. The summed E-state index contributed by atoms with van der Waals surface area (Å²) in [6.07, 6.45) is 0.894. The molecule has 1 aliphatic rings. The monoisotopic (exact) mass is 326 g/mol. The fraction of sp³-hybridized carbons (Fsp3) is 0.316. The highest BCUT2D eigenvalue weighted by Gasteiger charge is 2.25. The Labute approximate surface area is 141 Å².